The van der Waals surface area contributed by atoms with Gasteiger partial charge in [0.2, 0.25) is 5.95 Å². The van der Waals surface area contributed by atoms with E-state index >= 15 is 0 Å². The average molecular weight is 295 g/mol. The fourth-order valence-electron chi connectivity index (χ4n) is 2.75. The van der Waals surface area contributed by atoms with E-state index in [1.165, 1.54) is 0 Å². The van der Waals surface area contributed by atoms with E-state index in [1.807, 2.05) is 37.5 Å². The lowest BCUT2D eigenvalue weighted by molar-refractivity contribution is 0.786. The van der Waals surface area contributed by atoms with Crippen molar-refractivity contribution in [1.82, 2.24) is 24.6 Å². The van der Waals surface area contributed by atoms with Gasteiger partial charge in [-0.2, -0.15) is 0 Å². The minimum Gasteiger partial charge on any atom is -0.364 e. The Morgan fingerprint density at radius 1 is 1.18 bits per heavy atom. The van der Waals surface area contributed by atoms with E-state index in [9.17, 15) is 0 Å². The highest BCUT2D eigenvalue weighted by Gasteiger charge is 2.24. The van der Waals surface area contributed by atoms with Crippen molar-refractivity contribution in [3.05, 3.63) is 42.5 Å². The monoisotopic (exact) mass is 295 g/mol. The number of aryl methyl sites for hydroxylation is 1. The maximum atomic E-state index is 4.50. The Morgan fingerprint density at radius 2 is 2.14 bits per heavy atom. The molecule has 4 rings (SSSR count). The molecule has 7 nitrogen and oxygen atoms in total. The molecule has 0 saturated carbocycles. The van der Waals surface area contributed by atoms with Gasteiger partial charge in [0, 0.05) is 43.4 Å². The molecule has 7 heteroatoms. The number of hydrogen-bond acceptors (Lipinski definition) is 6. The summed E-state index contributed by atoms with van der Waals surface area (Å²) in [7, 11) is 0. The molecule has 0 aromatic carbocycles. The summed E-state index contributed by atoms with van der Waals surface area (Å²) in [5.41, 5.74) is 1.85. The maximum absolute atomic E-state index is 4.50. The molecular formula is C15H17N7. The van der Waals surface area contributed by atoms with E-state index < -0.39 is 0 Å². The Bertz CT molecular complexity index is 797. The summed E-state index contributed by atoms with van der Waals surface area (Å²) in [5.74, 6) is 1.67. The molecule has 0 spiro atoms. The van der Waals surface area contributed by atoms with Crippen molar-refractivity contribution in [2.45, 2.75) is 19.4 Å². The smallest absolute Gasteiger partial charge is 0.225 e. The van der Waals surface area contributed by atoms with Crippen LogP contribution in [0.15, 0.2) is 36.8 Å². The molecule has 1 aliphatic rings. The molecule has 4 heterocycles. The lowest BCUT2D eigenvalue weighted by atomic mass is 10.2. The molecule has 22 heavy (non-hydrogen) atoms. The molecule has 1 unspecified atom stereocenters. The molecule has 0 bridgehead atoms. The van der Waals surface area contributed by atoms with Gasteiger partial charge in [0.25, 0.3) is 0 Å². The molecule has 1 aliphatic heterocycles. The van der Waals surface area contributed by atoms with Crippen LogP contribution in [0.1, 0.15) is 12.1 Å². The first kappa shape index (κ1) is 13.0. The first-order chi connectivity index (χ1) is 10.8. The average Bonchev–Trinajstić information content (AvgIpc) is 3.16. The van der Waals surface area contributed by atoms with E-state index in [0.717, 1.165) is 42.6 Å². The highest BCUT2D eigenvalue weighted by molar-refractivity contribution is 5.45. The van der Waals surface area contributed by atoms with Crippen LogP contribution in [0.25, 0.3) is 5.65 Å². The summed E-state index contributed by atoms with van der Waals surface area (Å²) in [4.78, 5) is 15.3. The first-order valence-electron chi connectivity index (χ1n) is 7.39. The number of aromatic nitrogens is 5. The number of nitrogens with one attached hydrogen (secondary N) is 1. The molecule has 1 N–H and O–H groups in total. The van der Waals surface area contributed by atoms with Crippen LogP contribution in [0, 0.1) is 6.92 Å². The van der Waals surface area contributed by atoms with Crippen LogP contribution in [0.3, 0.4) is 0 Å². The van der Waals surface area contributed by atoms with Crippen LogP contribution in [-0.4, -0.2) is 43.7 Å². The van der Waals surface area contributed by atoms with Gasteiger partial charge in [-0.3, -0.25) is 0 Å². The van der Waals surface area contributed by atoms with E-state index in [4.69, 9.17) is 0 Å². The lowest BCUT2D eigenvalue weighted by Gasteiger charge is -2.17. The zero-order valence-electron chi connectivity index (χ0n) is 12.3. The first-order valence-corrected chi connectivity index (χ1v) is 7.39. The molecule has 1 fully saturated rings. The van der Waals surface area contributed by atoms with Crippen molar-refractivity contribution in [1.29, 1.82) is 0 Å². The Morgan fingerprint density at radius 3 is 3.05 bits per heavy atom. The second-order valence-corrected chi connectivity index (χ2v) is 5.52. The normalized spacial score (nSPS) is 18.0. The second-order valence-electron chi connectivity index (χ2n) is 5.52. The van der Waals surface area contributed by atoms with E-state index in [0.29, 0.717) is 6.04 Å². The number of rotatable bonds is 3. The predicted octanol–water partition coefficient (Wildman–Crippen LogP) is 1.52. The fraction of sp³-hybridized carbons (Fsp3) is 0.333. The minimum absolute atomic E-state index is 0.345. The Labute approximate surface area is 128 Å². The largest absolute Gasteiger partial charge is 0.364 e. The number of hydrogen-bond donors (Lipinski definition) is 1. The van der Waals surface area contributed by atoms with Crippen molar-refractivity contribution >= 4 is 17.4 Å². The second kappa shape index (κ2) is 5.25. The molecule has 112 valence electrons. The van der Waals surface area contributed by atoms with Gasteiger partial charge in [-0.25, -0.2) is 19.5 Å². The van der Waals surface area contributed by atoms with Gasteiger partial charge in [0.1, 0.15) is 5.82 Å². The number of imidazole rings is 1. The van der Waals surface area contributed by atoms with Crippen LogP contribution < -0.4 is 10.2 Å². The van der Waals surface area contributed by atoms with Gasteiger partial charge in [0.15, 0.2) is 5.65 Å². The van der Waals surface area contributed by atoms with Crippen LogP contribution in [-0.2, 0) is 0 Å². The SMILES string of the molecule is Cc1ccnc(N2CCC(Nc3ccc4nccn4n3)C2)n1. The van der Waals surface area contributed by atoms with Crippen LogP contribution in [0.4, 0.5) is 11.8 Å². The summed E-state index contributed by atoms with van der Waals surface area (Å²) < 4.78 is 1.78. The maximum Gasteiger partial charge on any atom is 0.225 e. The van der Waals surface area contributed by atoms with Gasteiger partial charge < -0.3 is 10.2 Å². The standard InChI is InChI=1S/C15H17N7/c1-11-4-6-17-15(18-11)21-8-5-12(10-21)19-13-2-3-14-16-7-9-22(14)20-13/h2-4,6-7,9,12H,5,8,10H2,1H3,(H,19,20). The Balaban J connectivity index is 1.46. The lowest BCUT2D eigenvalue weighted by Crippen LogP contribution is -2.27. The zero-order chi connectivity index (χ0) is 14.9. The zero-order valence-corrected chi connectivity index (χ0v) is 12.3. The van der Waals surface area contributed by atoms with Crippen molar-refractivity contribution in [2.75, 3.05) is 23.3 Å². The van der Waals surface area contributed by atoms with Crippen LogP contribution in [0.5, 0.6) is 0 Å². The highest BCUT2D eigenvalue weighted by Crippen LogP contribution is 2.18. The van der Waals surface area contributed by atoms with Gasteiger partial charge in [-0.15, -0.1) is 5.10 Å². The number of nitrogens with zero attached hydrogens (tertiary/aromatic N) is 6. The molecule has 0 amide bonds. The van der Waals surface area contributed by atoms with Crippen molar-refractivity contribution < 1.29 is 0 Å². The van der Waals surface area contributed by atoms with Crippen molar-refractivity contribution in [2.24, 2.45) is 0 Å². The fourth-order valence-corrected chi connectivity index (χ4v) is 2.75. The molecule has 3 aromatic rings. The Hall–Kier alpha value is -2.70. The van der Waals surface area contributed by atoms with E-state index in [1.54, 1.807) is 10.7 Å². The molecule has 1 saturated heterocycles. The molecule has 3 aromatic heterocycles. The minimum atomic E-state index is 0.345. The molecular weight excluding hydrogens is 278 g/mol. The van der Waals surface area contributed by atoms with Gasteiger partial charge in [-0.05, 0) is 31.5 Å². The Kier molecular flexibility index (Phi) is 3.10. The quantitative estimate of drug-likeness (QED) is 0.790. The number of anilines is 2. The summed E-state index contributed by atoms with van der Waals surface area (Å²) in [6.07, 6.45) is 6.45. The summed E-state index contributed by atoms with van der Waals surface area (Å²) in [5, 5.41) is 7.98. The van der Waals surface area contributed by atoms with Crippen LogP contribution >= 0.6 is 0 Å². The van der Waals surface area contributed by atoms with Gasteiger partial charge in [0.05, 0.1) is 0 Å². The van der Waals surface area contributed by atoms with Gasteiger partial charge >= 0.3 is 0 Å². The van der Waals surface area contributed by atoms with E-state index in [-0.39, 0.29) is 0 Å². The third-order valence-electron chi connectivity index (χ3n) is 3.86. The third-order valence-corrected chi connectivity index (χ3v) is 3.86. The third kappa shape index (κ3) is 2.45. The summed E-state index contributed by atoms with van der Waals surface area (Å²) >= 11 is 0. The van der Waals surface area contributed by atoms with Crippen LogP contribution in [0.2, 0.25) is 0 Å². The topological polar surface area (TPSA) is 71.2 Å². The van der Waals surface area contributed by atoms with Gasteiger partial charge in [-0.1, -0.05) is 0 Å². The molecule has 0 aliphatic carbocycles. The summed E-state index contributed by atoms with van der Waals surface area (Å²) in [6.45, 7) is 3.82. The molecule has 0 radical (unpaired) electrons. The van der Waals surface area contributed by atoms with E-state index in [2.05, 4.69) is 30.3 Å². The summed E-state index contributed by atoms with van der Waals surface area (Å²) in [6, 6.07) is 6.19. The number of fused-ring (bicyclic) bond motifs is 1. The highest BCUT2D eigenvalue weighted by atomic mass is 15.3. The predicted molar refractivity (Wildman–Crippen MR) is 84.0 cm³/mol. The molecule has 1 atom stereocenters. The van der Waals surface area contributed by atoms with Crippen molar-refractivity contribution in [3.8, 4) is 0 Å². The van der Waals surface area contributed by atoms with Crippen molar-refractivity contribution in [3.63, 3.8) is 0 Å².